The van der Waals surface area contributed by atoms with Crippen LogP contribution in [0.5, 0.6) is 5.75 Å². The van der Waals surface area contributed by atoms with Gasteiger partial charge in [-0.2, -0.15) is 4.98 Å². The van der Waals surface area contributed by atoms with Gasteiger partial charge in [0.05, 0.1) is 7.11 Å². The summed E-state index contributed by atoms with van der Waals surface area (Å²) < 4.78 is 11.2. The van der Waals surface area contributed by atoms with Crippen molar-refractivity contribution in [3.63, 3.8) is 0 Å². The van der Waals surface area contributed by atoms with Crippen molar-refractivity contribution in [3.05, 3.63) is 18.2 Å². The fraction of sp³-hybridized carbons (Fsp3) is 0.333. The second kappa shape index (κ2) is 4.74. The van der Waals surface area contributed by atoms with Crippen LogP contribution in [0.15, 0.2) is 22.6 Å². The van der Waals surface area contributed by atoms with Crippen molar-refractivity contribution in [1.82, 2.24) is 15.3 Å². The summed E-state index contributed by atoms with van der Waals surface area (Å²) in [6.07, 6.45) is 0. The summed E-state index contributed by atoms with van der Waals surface area (Å²) in [5, 5.41) is 4.16. The van der Waals surface area contributed by atoms with E-state index in [2.05, 4.69) is 20.2 Å². The SMILES string of the molecule is CNC1CN(c2nc(N)nc3c2oc2cc(OC)ccc23)C1. The summed E-state index contributed by atoms with van der Waals surface area (Å²) in [5.41, 5.74) is 8.02. The third-order valence-electron chi connectivity index (χ3n) is 4.11. The lowest BCUT2D eigenvalue weighted by molar-refractivity contribution is 0.414. The van der Waals surface area contributed by atoms with E-state index in [4.69, 9.17) is 14.9 Å². The first kappa shape index (κ1) is 13.1. The number of likely N-dealkylation sites (N-methyl/N-ethyl adjacent to an activating group) is 1. The number of methoxy groups -OCH3 is 1. The van der Waals surface area contributed by atoms with Gasteiger partial charge in [-0.15, -0.1) is 0 Å². The molecule has 0 saturated carbocycles. The molecule has 7 nitrogen and oxygen atoms in total. The first-order chi connectivity index (χ1) is 10.7. The number of hydrogen-bond donors (Lipinski definition) is 2. The maximum Gasteiger partial charge on any atom is 0.222 e. The van der Waals surface area contributed by atoms with Crippen LogP contribution in [-0.4, -0.2) is 43.3 Å². The fourth-order valence-corrected chi connectivity index (χ4v) is 2.80. The summed E-state index contributed by atoms with van der Waals surface area (Å²) in [7, 11) is 3.59. The molecular weight excluding hydrogens is 282 g/mol. The predicted molar refractivity (Wildman–Crippen MR) is 85.3 cm³/mol. The van der Waals surface area contributed by atoms with Crippen molar-refractivity contribution in [2.75, 3.05) is 37.9 Å². The number of fused-ring (bicyclic) bond motifs is 3. The third-order valence-corrected chi connectivity index (χ3v) is 4.11. The van der Waals surface area contributed by atoms with Crippen LogP contribution in [0.4, 0.5) is 11.8 Å². The highest BCUT2D eigenvalue weighted by Crippen LogP contribution is 2.36. The van der Waals surface area contributed by atoms with E-state index in [1.54, 1.807) is 7.11 Å². The average molecular weight is 299 g/mol. The molecule has 0 atom stereocenters. The van der Waals surface area contributed by atoms with E-state index in [1.807, 2.05) is 25.2 Å². The average Bonchev–Trinajstić information content (AvgIpc) is 2.83. The molecule has 4 rings (SSSR count). The van der Waals surface area contributed by atoms with Crippen molar-refractivity contribution in [2.24, 2.45) is 0 Å². The van der Waals surface area contributed by atoms with Crippen LogP contribution in [0.2, 0.25) is 0 Å². The van der Waals surface area contributed by atoms with Gasteiger partial charge in [-0.3, -0.25) is 0 Å². The standard InChI is InChI=1S/C15H17N5O2/c1-17-8-6-20(7-8)14-13-12(18-15(16)19-14)10-4-3-9(21-2)5-11(10)22-13/h3-5,8,17H,6-7H2,1-2H3,(H2,16,18,19). The number of nitrogens with one attached hydrogen (secondary N) is 1. The van der Waals surface area contributed by atoms with Crippen molar-refractivity contribution in [1.29, 1.82) is 0 Å². The Morgan fingerprint density at radius 1 is 1.36 bits per heavy atom. The third kappa shape index (κ3) is 1.86. The Bertz CT molecular complexity index is 854. The molecule has 2 aromatic heterocycles. The van der Waals surface area contributed by atoms with Crippen molar-refractivity contribution >= 4 is 33.8 Å². The highest BCUT2D eigenvalue weighted by Gasteiger charge is 2.30. The van der Waals surface area contributed by atoms with Gasteiger partial charge < -0.3 is 25.1 Å². The number of furan rings is 1. The minimum absolute atomic E-state index is 0.258. The quantitative estimate of drug-likeness (QED) is 0.755. The van der Waals surface area contributed by atoms with Gasteiger partial charge in [-0.05, 0) is 19.2 Å². The Kier molecular flexibility index (Phi) is 2.83. The van der Waals surface area contributed by atoms with Gasteiger partial charge in [0, 0.05) is 30.6 Å². The minimum atomic E-state index is 0.258. The van der Waals surface area contributed by atoms with Gasteiger partial charge in [-0.1, -0.05) is 0 Å². The lowest BCUT2D eigenvalue weighted by atomic mass is 10.1. The molecule has 0 aliphatic carbocycles. The van der Waals surface area contributed by atoms with Gasteiger partial charge in [0.25, 0.3) is 0 Å². The van der Waals surface area contributed by atoms with Gasteiger partial charge in [0.2, 0.25) is 5.95 Å². The van der Waals surface area contributed by atoms with Crippen LogP contribution < -0.4 is 20.7 Å². The molecule has 0 bridgehead atoms. The molecule has 114 valence electrons. The zero-order valence-corrected chi connectivity index (χ0v) is 12.5. The summed E-state index contributed by atoms with van der Waals surface area (Å²) in [6, 6.07) is 6.14. The highest BCUT2D eigenvalue weighted by atomic mass is 16.5. The van der Waals surface area contributed by atoms with Crippen LogP contribution in [0, 0.1) is 0 Å². The summed E-state index contributed by atoms with van der Waals surface area (Å²) in [4.78, 5) is 10.9. The Balaban J connectivity index is 1.89. The monoisotopic (exact) mass is 299 g/mol. The Hall–Kier alpha value is -2.54. The maximum atomic E-state index is 5.98. The number of hydrogen-bond acceptors (Lipinski definition) is 7. The molecule has 1 fully saturated rings. The lowest BCUT2D eigenvalue weighted by Crippen LogP contribution is -2.57. The van der Waals surface area contributed by atoms with E-state index in [-0.39, 0.29) is 5.95 Å². The number of ether oxygens (including phenoxy) is 1. The van der Waals surface area contributed by atoms with E-state index in [0.717, 1.165) is 41.1 Å². The Labute approximate surface area is 127 Å². The number of nitrogen functional groups attached to an aromatic ring is 1. The van der Waals surface area contributed by atoms with Gasteiger partial charge >= 0.3 is 0 Å². The summed E-state index contributed by atoms with van der Waals surface area (Å²) >= 11 is 0. The van der Waals surface area contributed by atoms with Crippen LogP contribution >= 0.6 is 0 Å². The highest BCUT2D eigenvalue weighted by molar-refractivity contribution is 6.06. The molecule has 1 aromatic carbocycles. The molecule has 7 heteroatoms. The molecule has 3 N–H and O–H groups in total. The molecule has 1 saturated heterocycles. The van der Waals surface area contributed by atoms with Crippen LogP contribution in [0.3, 0.4) is 0 Å². The number of nitrogens with two attached hydrogens (primary N) is 1. The molecule has 3 heterocycles. The number of anilines is 2. The number of benzene rings is 1. The Morgan fingerprint density at radius 2 is 2.18 bits per heavy atom. The van der Waals surface area contributed by atoms with Crippen LogP contribution in [-0.2, 0) is 0 Å². The predicted octanol–water partition coefficient (Wildman–Crippen LogP) is 1.37. The van der Waals surface area contributed by atoms with Crippen molar-refractivity contribution < 1.29 is 9.15 Å². The molecule has 1 aliphatic rings. The molecule has 3 aromatic rings. The molecule has 0 radical (unpaired) electrons. The van der Waals surface area contributed by atoms with Crippen molar-refractivity contribution in [3.8, 4) is 5.75 Å². The minimum Gasteiger partial charge on any atom is -0.497 e. The zero-order valence-electron chi connectivity index (χ0n) is 12.5. The second-order valence-electron chi connectivity index (χ2n) is 5.44. The van der Waals surface area contributed by atoms with Crippen molar-refractivity contribution in [2.45, 2.75) is 6.04 Å². The molecule has 0 amide bonds. The number of nitrogens with zero attached hydrogens (tertiary/aromatic N) is 3. The molecule has 1 aliphatic heterocycles. The summed E-state index contributed by atoms with van der Waals surface area (Å²) in [6.45, 7) is 1.75. The van der Waals surface area contributed by atoms with Gasteiger partial charge in [-0.25, -0.2) is 4.98 Å². The smallest absolute Gasteiger partial charge is 0.222 e. The maximum absolute atomic E-state index is 5.98. The largest absolute Gasteiger partial charge is 0.497 e. The van der Waals surface area contributed by atoms with E-state index in [0.29, 0.717) is 11.6 Å². The number of rotatable bonds is 3. The molecule has 22 heavy (non-hydrogen) atoms. The first-order valence-electron chi connectivity index (χ1n) is 7.15. The van der Waals surface area contributed by atoms with Crippen LogP contribution in [0.1, 0.15) is 0 Å². The van der Waals surface area contributed by atoms with Gasteiger partial charge in [0.1, 0.15) is 16.8 Å². The van der Waals surface area contributed by atoms with E-state index in [1.165, 1.54) is 0 Å². The molecular formula is C15H17N5O2. The first-order valence-corrected chi connectivity index (χ1v) is 7.15. The number of aromatic nitrogens is 2. The normalized spacial score (nSPS) is 15.5. The topological polar surface area (TPSA) is 89.4 Å². The fourth-order valence-electron chi connectivity index (χ4n) is 2.80. The van der Waals surface area contributed by atoms with E-state index < -0.39 is 0 Å². The van der Waals surface area contributed by atoms with E-state index >= 15 is 0 Å². The summed E-state index contributed by atoms with van der Waals surface area (Å²) in [5.74, 6) is 1.76. The molecule has 0 spiro atoms. The van der Waals surface area contributed by atoms with E-state index in [9.17, 15) is 0 Å². The van der Waals surface area contributed by atoms with Gasteiger partial charge in [0.15, 0.2) is 11.4 Å². The zero-order chi connectivity index (χ0) is 15.3. The molecule has 0 unspecified atom stereocenters. The lowest BCUT2D eigenvalue weighted by Gasteiger charge is -2.39. The van der Waals surface area contributed by atoms with Crippen LogP contribution in [0.25, 0.3) is 22.1 Å². The Morgan fingerprint density at radius 3 is 2.91 bits per heavy atom. The second-order valence-corrected chi connectivity index (χ2v) is 5.44.